The number of carbonyl (C=O) groups excluding carboxylic acids is 1. The Bertz CT molecular complexity index is 935. The molecule has 0 bridgehead atoms. The van der Waals surface area contributed by atoms with Crippen molar-refractivity contribution in [2.24, 2.45) is 0 Å². The molecule has 1 aliphatic heterocycles. The number of hydrogen-bond acceptors (Lipinski definition) is 4. The number of likely N-dealkylation sites (tertiary alicyclic amines) is 1. The van der Waals surface area contributed by atoms with Crippen molar-refractivity contribution in [1.29, 1.82) is 0 Å². The average molecular weight is 462 g/mol. The monoisotopic (exact) mass is 461 g/mol. The molecule has 178 valence electrons. The molecule has 1 unspecified atom stereocenters. The molecule has 33 heavy (non-hydrogen) atoms. The van der Waals surface area contributed by atoms with E-state index in [0.717, 1.165) is 30.7 Å². The number of amides is 1. The molecule has 1 aliphatic rings. The van der Waals surface area contributed by atoms with Gasteiger partial charge in [0, 0.05) is 38.2 Å². The molecule has 0 radical (unpaired) electrons. The molecule has 1 fully saturated rings. The summed E-state index contributed by atoms with van der Waals surface area (Å²) in [6.45, 7) is 9.27. The number of ether oxygens (including phenoxy) is 1. The minimum absolute atomic E-state index is 0.0973. The summed E-state index contributed by atoms with van der Waals surface area (Å²) in [5.74, 6) is 0.301. The average Bonchev–Trinajstić information content (AvgIpc) is 2.79. The van der Waals surface area contributed by atoms with Gasteiger partial charge in [0.2, 0.25) is 0 Å². The van der Waals surface area contributed by atoms with Crippen LogP contribution in [0.1, 0.15) is 61.1 Å². The zero-order valence-corrected chi connectivity index (χ0v) is 19.0. The van der Waals surface area contributed by atoms with Gasteiger partial charge in [0.05, 0.1) is 22.5 Å². The molecule has 1 amide bonds. The molecule has 1 atom stereocenters. The van der Waals surface area contributed by atoms with Crippen LogP contribution < -0.4 is 10.1 Å². The summed E-state index contributed by atoms with van der Waals surface area (Å²) in [6, 6.07) is 8.54. The van der Waals surface area contributed by atoms with Crippen molar-refractivity contribution < 1.29 is 22.7 Å². The van der Waals surface area contributed by atoms with Crippen molar-refractivity contribution in [3.05, 3.63) is 66.0 Å². The Morgan fingerprint density at radius 3 is 2.42 bits per heavy atom. The van der Waals surface area contributed by atoms with Gasteiger partial charge >= 0.3 is 6.18 Å². The number of halogens is 3. The van der Waals surface area contributed by atoms with Crippen LogP contribution in [0.4, 0.5) is 13.2 Å². The van der Waals surface area contributed by atoms with Gasteiger partial charge in [-0.25, -0.2) is 0 Å². The molecule has 5 nitrogen and oxygen atoms in total. The minimum Gasteiger partial charge on any atom is -0.490 e. The Balaban J connectivity index is 1.50. The van der Waals surface area contributed by atoms with Crippen LogP contribution in [0.25, 0.3) is 5.70 Å². The van der Waals surface area contributed by atoms with Crippen LogP contribution in [0.15, 0.2) is 49.2 Å². The van der Waals surface area contributed by atoms with E-state index in [9.17, 15) is 18.0 Å². The smallest absolute Gasteiger partial charge is 0.416 e. The quantitative estimate of drug-likeness (QED) is 0.561. The molecule has 0 spiro atoms. The number of rotatable bonds is 8. The first-order valence-corrected chi connectivity index (χ1v) is 11.2. The number of pyridine rings is 1. The summed E-state index contributed by atoms with van der Waals surface area (Å²) < 4.78 is 43.9. The van der Waals surface area contributed by atoms with E-state index in [1.165, 1.54) is 12.1 Å². The first-order chi connectivity index (χ1) is 15.7. The topological polar surface area (TPSA) is 54.5 Å². The van der Waals surface area contributed by atoms with Gasteiger partial charge in [-0.2, -0.15) is 13.2 Å². The van der Waals surface area contributed by atoms with Crippen molar-refractivity contribution in [2.45, 2.75) is 57.9 Å². The third-order valence-corrected chi connectivity index (χ3v) is 5.68. The van der Waals surface area contributed by atoms with Crippen LogP contribution in [0.2, 0.25) is 0 Å². The van der Waals surface area contributed by atoms with E-state index in [2.05, 4.69) is 30.7 Å². The van der Waals surface area contributed by atoms with E-state index in [0.29, 0.717) is 49.0 Å². The lowest BCUT2D eigenvalue weighted by Gasteiger charge is -2.32. The highest BCUT2D eigenvalue weighted by atomic mass is 19.4. The third kappa shape index (κ3) is 6.73. The maximum absolute atomic E-state index is 12.8. The van der Waals surface area contributed by atoms with Crippen LogP contribution in [0.5, 0.6) is 5.75 Å². The van der Waals surface area contributed by atoms with Gasteiger partial charge in [-0.15, -0.1) is 0 Å². The maximum atomic E-state index is 12.8. The van der Waals surface area contributed by atoms with Crippen molar-refractivity contribution in [3.8, 4) is 5.75 Å². The highest BCUT2D eigenvalue weighted by molar-refractivity contribution is 5.94. The second kappa shape index (κ2) is 10.7. The number of nitrogens with one attached hydrogen (secondary N) is 1. The number of benzene rings is 1. The molecular formula is C25H30F3N3O2. The second-order valence-corrected chi connectivity index (χ2v) is 8.38. The molecule has 2 heterocycles. The molecule has 3 rings (SSSR count). The van der Waals surface area contributed by atoms with Gasteiger partial charge in [0.1, 0.15) is 11.9 Å². The number of nitrogens with zero attached hydrogens (tertiary/aromatic N) is 2. The van der Waals surface area contributed by atoms with Crippen LogP contribution >= 0.6 is 0 Å². The van der Waals surface area contributed by atoms with E-state index in [4.69, 9.17) is 4.74 Å². The van der Waals surface area contributed by atoms with Gasteiger partial charge in [0.25, 0.3) is 5.91 Å². The van der Waals surface area contributed by atoms with Gasteiger partial charge in [-0.05, 0) is 49.7 Å². The molecular weight excluding hydrogens is 431 g/mol. The maximum Gasteiger partial charge on any atom is 0.416 e. The van der Waals surface area contributed by atoms with E-state index < -0.39 is 11.7 Å². The van der Waals surface area contributed by atoms with Crippen LogP contribution in [-0.2, 0) is 6.18 Å². The fraction of sp³-hybridized carbons (Fsp3) is 0.440. The second-order valence-electron chi connectivity index (χ2n) is 8.38. The summed E-state index contributed by atoms with van der Waals surface area (Å²) in [6.07, 6.45) is 0.380. The van der Waals surface area contributed by atoms with Crippen LogP contribution in [0, 0.1) is 0 Å². The van der Waals surface area contributed by atoms with E-state index in [1.807, 2.05) is 0 Å². The molecule has 0 saturated carbocycles. The van der Waals surface area contributed by atoms with Crippen molar-refractivity contribution >= 4 is 11.6 Å². The highest BCUT2D eigenvalue weighted by Crippen LogP contribution is 2.31. The summed E-state index contributed by atoms with van der Waals surface area (Å²) in [5, 5.41) is 3.32. The molecule has 2 aromatic rings. The van der Waals surface area contributed by atoms with E-state index in [-0.39, 0.29) is 12.0 Å². The molecule has 1 saturated heterocycles. The fourth-order valence-electron chi connectivity index (χ4n) is 3.85. The summed E-state index contributed by atoms with van der Waals surface area (Å²) >= 11 is 0. The van der Waals surface area contributed by atoms with Gasteiger partial charge in [-0.1, -0.05) is 19.9 Å². The van der Waals surface area contributed by atoms with Crippen LogP contribution in [-0.4, -0.2) is 41.0 Å². The first-order valence-electron chi connectivity index (χ1n) is 11.2. The van der Waals surface area contributed by atoms with Crippen molar-refractivity contribution in [1.82, 2.24) is 15.2 Å². The molecule has 8 heteroatoms. The van der Waals surface area contributed by atoms with Gasteiger partial charge in [0.15, 0.2) is 0 Å². The molecule has 1 aromatic carbocycles. The minimum atomic E-state index is -4.37. The van der Waals surface area contributed by atoms with E-state index >= 15 is 0 Å². The van der Waals surface area contributed by atoms with Gasteiger partial charge in [-0.3, -0.25) is 9.78 Å². The normalized spacial score (nSPS) is 15.7. The Labute approximate surface area is 192 Å². The lowest BCUT2D eigenvalue weighted by Crippen LogP contribution is -2.41. The predicted molar refractivity (Wildman–Crippen MR) is 122 cm³/mol. The number of hydrogen-bond donors (Lipinski definition) is 1. The Kier molecular flexibility index (Phi) is 8.00. The van der Waals surface area contributed by atoms with Crippen molar-refractivity contribution in [3.63, 3.8) is 0 Å². The third-order valence-electron chi connectivity index (χ3n) is 5.68. The zero-order chi connectivity index (χ0) is 24.0. The largest absolute Gasteiger partial charge is 0.490 e. The first kappa shape index (κ1) is 24.6. The van der Waals surface area contributed by atoms with E-state index in [1.54, 1.807) is 23.2 Å². The molecule has 0 aliphatic carbocycles. The highest BCUT2D eigenvalue weighted by Gasteiger charge is 2.30. The summed E-state index contributed by atoms with van der Waals surface area (Å²) in [4.78, 5) is 19.0. The molecule has 1 N–H and O–H groups in total. The number of carbonyl (C=O) groups is 1. The summed E-state index contributed by atoms with van der Waals surface area (Å²) in [5.41, 5.74) is 1.24. The number of aromatic nitrogens is 1. The lowest BCUT2D eigenvalue weighted by molar-refractivity contribution is -0.137. The Hall–Kier alpha value is -3.03. The zero-order valence-electron chi connectivity index (χ0n) is 19.0. The Morgan fingerprint density at radius 2 is 1.88 bits per heavy atom. The van der Waals surface area contributed by atoms with Crippen molar-refractivity contribution in [2.75, 3.05) is 13.1 Å². The number of piperidine rings is 1. The number of alkyl halides is 3. The summed E-state index contributed by atoms with van der Waals surface area (Å²) in [7, 11) is 0. The lowest BCUT2D eigenvalue weighted by atomic mass is 10.1. The Morgan fingerprint density at radius 1 is 1.21 bits per heavy atom. The SMILES string of the molecule is C=C(NC(C)CCC)c1ccc(C(=O)N2CCC(Oc3ccc(C(F)(F)F)cc3)CC2)cn1. The van der Waals surface area contributed by atoms with Gasteiger partial charge < -0.3 is 15.0 Å². The van der Waals surface area contributed by atoms with Crippen LogP contribution in [0.3, 0.4) is 0 Å². The fourth-order valence-corrected chi connectivity index (χ4v) is 3.85. The predicted octanol–water partition coefficient (Wildman–Crippen LogP) is 5.53. The standard InChI is InChI=1S/C25H30F3N3O2/c1-4-5-17(2)30-18(3)23-11-6-19(16-29-23)24(32)31-14-12-22(13-15-31)33-21-9-7-20(8-10-21)25(26,27)28/h6-11,16-17,22,30H,3-5,12-15H2,1-2H3. The molecule has 1 aromatic heterocycles.